The number of aliphatic hydroxyl groups is 2. The van der Waals surface area contributed by atoms with Crippen LogP contribution in [0.1, 0.15) is 54.3 Å². The Morgan fingerprint density at radius 3 is 2.36 bits per heavy atom. The number of fused-ring (bicyclic) bond motifs is 1. The van der Waals surface area contributed by atoms with Crippen LogP contribution in [0.2, 0.25) is 0 Å². The van der Waals surface area contributed by atoms with Crippen LogP contribution in [-0.2, 0) is 20.9 Å². The van der Waals surface area contributed by atoms with Gasteiger partial charge in [-0.1, -0.05) is 68.4 Å². The molecule has 0 aromatic heterocycles. The molecule has 12 heteroatoms. The van der Waals surface area contributed by atoms with Crippen LogP contribution in [0.25, 0.3) is 10.8 Å². The van der Waals surface area contributed by atoms with Gasteiger partial charge in [0, 0.05) is 24.7 Å². The van der Waals surface area contributed by atoms with Crippen LogP contribution < -0.4 is 16.4 Å². The Morgan fingerprint density at radius 1 is 0.978 bits per heavy atom. The number of thioether (sulfide) groups is 1. The van der Waals surface area contributed by atoms with Crippen molar-refractivity contribution in [2.75, 3.05) is 5.88 Å². The van der Waals surface area contributed by atoms with Crippen molar-refractivity contribution in [3.05, 3.63) is 94.5 Å². The van der Waals surface area contributed by atoms with Crippen molar-refractivity contribution in [3.63, 3.8) is 0 Å². The van der Waals surface area contributed by atoms with E-state index in [-0.39, 0.29) is 36.7 Å². The van der Waals surface area contributed by atoms with Gasteiger partial charge in [-0.25, -0.2) is 4.79 Å². The molecule has 4 rings (SSSR count). The van der Waals surface area contributed by atoms with Gasteiger partial charge in [0.25, 0.3) is 5.91 Å². The summed E-state index contributed by atoms with van der Waals surface area (Å²) in [5, 5.41) is 39.7. The largest absolute Gasteiger partial charge is 0.478 e. The van der Waals surface area contributed by atoms with Crippen LogP contribution in [0.15, 0.2) is 77.8 Å². The van der Waals surface area contributed by atoms with Crippen LogP contribution in [0.5, 0.6) is 0 Å². The van der Waals surface area contributed by atoms with Gasteiger partial charge >= 0.3 is 5.97 Å². The van der Waals surface area contributed by atoms with Gasteiger partial charge in [-0.15, -0.1) is 11.8 Å². The number of hydrogen-bond acceptors (Lipinski definition) is 8. The summed E-state index contributed by atoms with van der Waals surface area (Å²) in [6, 6.07) is 17.2. The van der Waals surface area contributed by atoms with Gasteiger partial charge in [-0.05, 0) is 45.4 Å². The molecule has 0 fully saturated rings. The predicted molar refractivity (Wildman–Crippen MR) is 172 cm³/mol. The van der Waals surface area contributed by atoms with E-state index < -0.39 is 48.0 Å². The van der Waals surface area contributed by atoms with Crippen LogP contribution in [-0.4, -0.2) is 68.0 Å². The fourth-order valence-corrected chi connectivity index (χ4v) is 5.97. The molecule has 1 aliphatic heterocycles. The van der Waals surface area contributed by atoms with Crippen LogP contribution in [0.3, 0.4) is 0 Å². The quantitative estimate of drug-likeness (QED) is 0.165. The molecule has 0 saturated carbocycles. The number of nitrogens with one attached hydrogen (secondary N) is 2. The lowest BCUT2D eigenvalue weighted by Crippen LogP contribution is -2.51. The van der Waals surface area contributed by atoms with Crippen LogP contribution in [0, 0.1) is 5.92 Å². The first kappa shape index (κ1) is 33.7. The van der Waals surface area contributed by atoms with E-state index in [1.54, 1.807) is 43.5 Å². The van der Waals surface area contributed by atoms with E-state index in [1.807, 2.05) is 30.3 Å². The first-order chi connectivity index (χ1) is 21.5. The number of aromatic carboxylic acids is 1. The van der Waals surface area contributed by atoms with E-state index >= 15 is 0 Å². The second kappa shape index (κ2) is 15.2. The van der Waals surface area contributed by atoms with Crippen molar-refractivity contribution >= 4 is 46.2 Å². The first-order valence-electron chi connectivity index (χ1n) is 14.6. The molecule has 3 aromatic rings. The maximum atomic E-state index is 13.4. The lowest BCUT2D eigenvalue weighted by atomic mass is 9.99. The van der Waals surface area contributed by atoms with E-state index in [9.17, 15) is 29.4 Å². The summed E-state index contributed by atoms with van der Waals surface area (Å²) in [4.78, 5) is 51.5. The van der Waals surface area contributed by atoms with E-state index in [4.69, 9.17) is 10.8 Å². The topological polar surface area (TPSA) is 182 Å². The summed E-state index contributed by atoms with van der Waals surface area (Å²) >= 11 is 1.37. The molecular weight excluding hydrogens is 596 g/mol. The van der Waals surface area contributed by atoms with Crippen molar-refractivity contribution in [2.24, 2.45) is 11.7 Å². The Labute approximate surface area is 265 Å². The molecule has 7 N–H and O–H groups in total. The SMILES string of the molecule is CC(C)[C@H](NC(=O)C[C@H](O)[C@@H](N)CC1=CSCN1C(=O)C(O)c1cccc2ccccc12)C(=O)NCc1ccc(C(=O)O)cc1. The van der Waals surface area contributed by atoms with Gasteiger partial charge in [0.15, 0.2) is 6.10 Å². The van der Waals surface area contributed by atoms with Gasteiger partial charge in [0.05, 0.1) is 24.0 Å². The number of carbonyl (C=O) groups is 4. The van der Waals surface area contributed by atoms with Gasteiger partial charge in [-0.3, -0.25) is 14.4 Å². The fourth-order valence-electron chi connectivity index (χ4n) is 5.04. The molecule has 1 aliphatic rings. The van der Waals surface area contributed by atoms with Crippen molar-refractivity contribution in [1.82, 2.24) is 15.5 Å². The lowest BCUT2D eigenvalue weighted by Gasteiger charge is -2.27. The molecule has 0 spiro atoms. The highest BCUT2D eigenvalue weighted by atomic mass is 32.2. The number of carboxylic acids is 1. The summed E-state index contributed by atoms with van der Waals surface area (Å²) in [5.41, 5.74) is 8.12. The van der Waals surface area contributed by atoms with Crippen molar-refractivity contribution in [2.45, 2.75) is 57.5 Å². The zero-order chi connectivity index (χ0) is 32.7. The number of rotatable bonds is 13. The molecule has 238 valence electrons. The number of aliphatic hydroxyl groups excluding tert-OH is 2. The number of amides is 3. The van der Waals surface area contributed by atoms with Crippen LogP contribution >= 0.6 is 11.8 Å². The molecule has 45 heavy (non-hydrogen) atoms. The molecule has 11 nitrogen and oxygen atoms in total. The number of benzene rings is 3. The molecule has 3 amide bonds. The molecule has 0 aliphatic carbocycles. The number of hydrogen-bond donors (Lipinski definition) is 6. The first-order valence-corrected chi connectivity index (χ1v) is 15.6. The third-order valence-corrected chi connectivity index (χ3v) is 8.50. The zero-order valence-corrected chi connectivity index (χ0v) is 25.9. The number of nitrogens with two attached hydrogens (primary N) is 1. The van der Waals surface area contributed by atoms with Crippen LogP contribution in [0.4, 0.5) is 0 Å². The normalized spacial score (nSPS) is 15.7. The van der Waals surface area contributed by atoms with Gasteiger partial charge in [0.1, 0.15) is 6.04 Å². The van der Waals surface area contributed by atoms with E-state index in [1.165, 1.54) is 28.8 Å². The maximum absolute atomic E-state index is 13.4. The Bertz CT molecular complexity index is 1570. The highest BCUT2D eigenvalue weighted by molar-refractivity contribution is 8.02. The number of carbonyl (C=O) groups excluding carboxylic acids is 3. The summed E-state index contributed by atoms with van der Waals surface area (Å²) in [7, 11) is 0. The third-order valence-electron chi connectivity index (χ3n) is 7.65. The average Bonchev–Trinajstić information content (AvgIpc) is 3.49. The highest BCUT2D eigenvalue weighted by Gasteiger charge is 2.32. The summed E-state index contributed by atoms with van der Waals surface area (Å²) < 4.78 is 0. The molecule has 3 aromatic carbocycles. The smallest absolute Gasteiger partial charge is 0.335 e. The lowest BCUT2D eigenvalue weighted by molar-refractivity contribution is -0.137. The van der Waals surface area contributed by atoms with E-state index in [0.29, 0.717) is 16.8 Å². The minimum atomic E-state index is -1.40. The Hall–Kier alpha value is -4.23. The summed E-state index contributed by atoms with van der Waals surface area (Å²) in [6.45, 7) is 3.69. The molecule has 1 unspecified atom stereocenters. The minimum absolute atomic E-state index is 0.0875. The van der Waals surface area contributed by atoms with E-state index in [0.717, 1.165) is 10.8 Å². The summed E-state index contributed by atoms with van der Waals surface area (Å²) in [5.74, 6) is -2.52. The predicted octanol–water partition coefficient (Wildman–Crippen LogP) is 2.87. The summed E-state index contributed by atoms with van der Waals surface area (Å²) in [6.07, 6.45) is -2.93. The molecule has 0 saturated heterocycles. The molecule has 0 bridgehead atoms. The second-order valence-corrected chi connectivity index (χ2v) is 12.1. The van der Waals surface area contributed by atoms with Gasteiger partial charge in [-0.2, -0.15) is 0 Å². The second-order valence-electron chi connectivity index (χ2n) is 11.3. The minimum Gasteiger partial charge on any atom is -0.478 e. The third kappa shape index (κ3) is 8.49. The van der Waals surface area contributed by atoms with Gasteiger partial charge < -0.3 is 36.6 Å². The van der Waals surface area contributed by atoms with Crippen molar-refractivity contribution < 1.29 is 34.5 Å². The van der Waals surface area contributed by atoms with Crippen molar-refractivity contribution in [1.29, 1.82) is 0 Å². The average molecular weight is 635 g/mol. The molecule has 4 atom stereocenters. The highest BCUT2D eigenvalue weighted by Crippen LogP contribution is 2.32. The number of nitrogens with zero attached hydrogens (tertiary/aromatic N) is 1. The Morgan fingerprint density at radius 2 is 1.67 bits per heavy atom. The molecular formula is C33H38N4O7S. The Kier molecular flexibility index (Phi) is 11.3. The molecule has 1 heterocycles. The zero-order valence-electron chi connectivity index (χ0n) is 25.1. The fraction of sp³-hybridized carbons (Fsp3) is 0.333. The standard InChI is InChI=1S/C33H38N4O7S/c1-19(2)29(31(41)35-16-20-10-12-22(13-11-20)33(43)44)36-28(39)15-27(38)26(34)14-23-17-45-18-37(23)32(42)30(40)25-9-5-7-21-6-3-4-8-24(21)25/h3-13,17,19,26-27,29-30,38,40H,14-16,18,34H2,1-2H3,(H,35,41)(H,36,39)(H,43,44)/t26-,27-,29-,30?/m0/s1. The number of carboxylic acid groups (broad SMARTS) is 1. The van der Waals surface area contributed by atoms with Crippen molar-refractivity contribution in [3.8, 4) is 0 Å². The van der Waals surface area contributed by atoms with Gasteiger partial charge in [0.2, 0.25) is 11.8 Å². The maximum Gasteiger partial charge on any atom is 0.335 e. The van der Waals surface area contributed by atoms with E-state index in [2.05, 4.69) is 10.6 Å². The molecule has 0 radical (unpaired) electrons. The Balaban J connectivity index is 1.30. The monoisotopic (exact) mass is 634 g/mol.